The van der Waals surface area contributed by atoms with Crippen LogP contribution < -0.4 is 5.32 Å². The van der Waals surface area contributed by atoms with Crippen LogP contribution in [0.3, 0.4) is 0 Å². The fraction of sp³-hybridized carbons (Fsp3) is 1.00. The van der Waals surface area contributed by atoms with Gasteiger partial charge in [0.25, 0.3) is 0 Å². The van der Waals surface area contributed by atoms with E-state index in [1.165, 1.54) is 32.2 Å². The molecule has 0 atom stereocenters. The van der Waals surface area contributed by atoms with Crippen molar-refractivity contribution in [3.63, 3.8) is 0 Å². The highest BCUT2D eigenvalue weighted by atomic mass is 14.9. The van der Waals surface area contributed by atoms with Gasteiger partial charge in [-0.3, -0.25) is 0 Å². The normalized spacial score (nSPS) is 31.0. The average molecular weight is 169 g/mol. The molecular weight excluding hydrogens is 146 g/mol. The molecule has 1 N–H and O–H groups in total. The van der Waals surface area contributed by atoms with Crippen molar-refractivity contribution in [1.29, 1.82) is 0 Å². The summed E-state index contributed by atoms with van der Waals surface area (Å²) in [4.78, 5) is 0. The third kappa shape index (κ3) is 3.57. The van der Waals surface area contributed by atoms with Crippen molar-refractivity contribution in [2.75, 3.05) is 6.54 Å². The first-order valence-electron chi connectivity index (χ1n) is 5.42. The molecule has 1 rings (SSSR count). The Morgan fingerprint density at radius 2 is 1.75 bits per heavy atom. The van der Waals surface area contributed by atoms with E-state index >= 15 is 0 Å². The Kier molecular flexibility index (Phi) is 4.07. The molecule has 1 saturated carbocycles. The minimum absolute atomic E-state index is 0.657. The Balaban J connectivity index is 2.09. The molecule has 0 bridgehead atoms. The van der Waals surface area contributed by atoms with Crippen molar-refractivity contribution in [2.24, 2.45) is 11.8 Å². The smallest absolute Gasteiger partial charge is 0.00104 e. The summed E-state index contributed by atoms with van der Waals surface area (Å²) in [7, 11) is 0. The summed E-state index contributed by atoms with van der Waals surface area (Å²) in [5.74, 6) is 1.95. The third-order valence-corrected chi connectivity index (χ3v) is 2.95. The predicted molar refractivity (Wildman–Crippen MR) is 54.3 cm³/mol. The lowest BCUT2D eigenvalue weighted by Crippen LogP contribution is -2.30. The molecule has 1 heteroatoms. The van der Waals surface area contributed by atoms with Crippen LogP contribution in [0.5, 0.6) is 0 Å². The molecule has 0 aliphatic heterocycles. The van der Waals surface area contributed by atoms with Crippen LogP contribution in [0.15, 0.2) is 0 Å². The molecule has 1 aliphatic carbocycles. The first-order chi connectivity index (χ1) is 5.68. The summed E-state index contributed by atoms with van der Waals surface area (Å²) in [6.45, 7) is 8.08. The van der Waals surface area contributed by atoms with E-state index in [9.17, 15) is 0 Å². The van der Waals surface area contributed by atoms with Crippen LogP contribution in [0, 0.1) is 11.8 Å². The zero-order chi connectivity index (χ0) is 8.97. The van der Waals surface area contributed by atoms with E-state index in [0.717, 1.165) is 11.8 Å². The minimum atomic E-state index is 0.657. The Hall–Kier alpha value is -0.0400. The summed E-state index contributed by atoms with van der Waals surface area (Å²) in [6.07, 6.45) is 5.79. The molecule has 72 valence electrons. The van der Waals surface area contributed by atoms with Crippen LogP contribution in [0.4, 0.5) is 0 Å². The van der Waals surface area contributed by atoms with Crippen LogP contribution in [-0.2, 0) is 0 Å². The fourth-order valence-electron chi connectivity index (χ4n) is 1.94. The van der Waals surface area contributed by atoms with Crippen molar-refractivity contribution >= 4 is 0 Å². The van der Waals surface area contributed by atoms with Crippen molar-refractivity contribution in [1.82, 2.24) is 5.32 Å². The van der Waals surface area contributed by atoms with Crippen LogP contribution in [0.1, 0.15) is 46.5 Å². The Labute approximate surface area is 76.9 Å². The second-order valence-corrected chi connectivity index (χ2v) is 4.69. The Morgan fingerprint density at radius 1 is 1.17 bits per heavy atom. The number of nitrogens with one attached hydrogen (secondary N) is 1. The van der Waals surface area contributed by atoms with Crippen LogP contribution in [-0.4, -0.2) is 12.6 Å². The standard InChI is InChI=1S/C11H23N/c1-9(2)12-8-11-6-4-10(3)5-7-11/h9-12H,4-8H2,1-3H3. The maximum Gasteiger partial charge on any atom is 0.00104 e. The molecule has 0 spiro atoms. The van der Waals surface area contributed by atoms with E-state index in [1.54, 1.807) is 0 Å². The van der Waals surface area contributed by atoms with Gasteiger partial charge >= 0.3 is 0 Å². The molecular formula is C11H23N. The lowest BCUT2D eigenvalue weighted by atomic mass is 9.83. The highest BCUT2D eigenvalue weighted by molar-refractivity contribution is 4.72. The largest absolute Gasteiger partial charge is 0.314 e. The molecule has 0 aromatic carbocycles. The zero-order valence-electron chi connectivity index (χ0n) is 8.77. The van der Waals surface area contributed by atoms with Crippen LogP contribution in [0.25, 0.3) is 0 Å². The molecule has 0 radical (unpaired) electrons. The van der Waals surface area contributed by atoms with E-state index in [2.05, 4.69) is 26.1 Å². The molecule has 0 aromatic heterocycles. The third-order valence-electron chi connectivity index (χ3n) is 2.95. The van der Waals surface area contributed by atoms with Gasteiger partial charge in [0.2, 0.25) is 0 Å². The van der Waals surface area contributed by atoms with Gasteiger partial charge in [-0.2, -0.15) is 0 Å². The topological polar surface area (TPSA) is 12.0 Å². The average Bonchev–Trinajstić information content (AvgIpc) is 2.03. The second kappa shape index (κ2) is 4.86. The maximum atomic E-state index is 3.53. The highest BCUT2D eigenvalue weighted by Crippen LogP contribution is 2.27. The summed E-state index contributed by atoms with van der Waals surface area (Å²) in [6, 6.07) is 0.657. The zero-order valence-corrected chi connectivity index (χ0v) is 8.77. The monoisotopic (exact) mass is 169 g/mol. The van der Waals surface area contributed by atoms with Gasteiger partial charge < -0.3 is 5.32 Å². The summed E-state index contributed by atoms with van der Waals surface area (Å²) >= 11 is 0. The van der Waals surface area contributed by atoms with Crippen LogP contribution >= 0.6 is 0 Å². The maximum absolute atomic E-state index is 3.53. The Morgan fingerprint density at radius 3 is 2.25 bits per heavy atom. The predicted octanol–water partition coefficient (Wildman–Crippen LogP) is 2.81. The summed E-state index contributed by atoms with van der Waals surface area (Å²) < 4.78 is 0. The molecule has 0 aromatic rings. The quantitative estimate of drug-likeness (QED) is 0.685. The molecule has 0 unspecified atom stereocenters. The van der Waals surface area contributed by atoms with E-state index in [1.807, 2.05) is 0 Å². The van der Waals surface area contributed by atoms with Crippen molar-refractivity contribution in [3.05, 3.63) is 0 Å². The Bertz CT molecular complexity index is 112. The van der Waals surface area contributed by atoms with E-state index in [0.29, 0.717) is 6.04 Å². The van der Waals surface area contributed by atoms with Gasteiger partial charge in [0, 0.05) is 6.04 Å². The fourth-order valence-corrected chi connectivity index (χ4v) is 1.94. The molecule has 1 aliphatic rings. The number of hydrogen-bond acceptors (Lipinski definition) is 1. The summed E-state index contributed by atoms with van der Waals surface area (Å²) in [5, 5.41) is 3.53. The van der Waals surface area contributed by atoms with Gasteiger partial charge in [-0.15, -0.1) is 0 Å². The second-order valence-electron chi connectivity index (χ2n) is 4.69. The molecule has 0 heterocycles. The van der Waals surface area contributed by atoms with Gasteiger partial charge in [-0.25, -0.2) is 0 Å². The molecule has 1 fully saturated rings. The van der Waals surface area contributed by atoms with E-state index < -0.39 is 0 Å². The van der Waals surface area contributed by atoms with Gasteiger partial charge in [0.15, 0.2) is 0 Å². The van der Waals surface area contributed by atoms with Gasteiger partial charge in [0.1, 0.15) is 0 Å². The van der Waals surface area contributed by atoms with Crippen molar-refractivity contribution in [2.45, 2.75) is 52.5 Å². The number of rotatable bonds is 3. The van der Waals surface area contributed by atoms with Gasteiger partial charge in [0.05, 0.1) is 0 Å². The lowest BCUT2D eigenvalue weighted by Gasteiger charge is -2.26. The lowest BCUT2D eigenvalue weighted by molar-refractivity contribution is 0.277. The van der Waals surface area contributed by atoms with E-state index in [4.69, 9.17) is 0 Å². The molecule has 0 amide bonds. The SMILES string of the molecule is CC1CCC(CNC(C)C)CC1. The van der Waals surface area contributed by atoms with Crippen LogP contribution in [0.2, 0.25) is 0 Å². The van der Waals surface area contributed by atoms with E-state index in [-0.39, 0.29) is 0 Å². The molecule has 12 heavy (non-hydrogen) atoms. The molecule has 1 nitrogen and oxygen atoms in total. The number of hydrogen-bond donors (Lipinski definition) is 1. The van der Waals surface area contributed by atoms with Crippen molar-refractivity contribution < 1.29 is 0 Å². The highest BCUT2D eigenvalue weighted by Gasteiger charge is 2.17. The minimum Gasteiger partial charge on any atom is -0.314 e. The van der Waals surface area contributed by atoms with Gasteiger partial charge in [-0.05, 0) is 31.2 Å². The molecule has 0 saturated heterocycles. The van der Waals surface area contributed by atoms with Crippen molar-refractivity contribution in [3.8, 4) is 0 Å². The van der Waals surface area contributed by atoms with Gasteiger partial charge in [-0.1, -0.05) is 33.6 Å². The first kappa shape index (κ1) is 10.0. The summed E-state index contributed by atoms with van der Waals surface area (Å²) in [5.41, 5.74) is 0. The first-order valence-corrected chi connectivity index (χ1v) is 5.42.